The summed E-state index contributed by atoms with van der Waals surface area (Å²) < 4.78 is 22.4. The van der Waals surface area contributed by atoms with Gasteiger partial charge in [0.1, 0.15) is 0 Å². The largest absolute Gasteiger partial charge is 0.229 e. The van der Waals surface area contributed by atoms with Gasteiger partial charge in [-0.15, -0.1) is 0 Å². The van der Waals surface area contributed by atoms with Crippen LogP contribution in [0.1, 0.15) is 5.69 Å². The monoisotopic (exact) mass is 222 g/mol. The quantitative estimate of drug-likeness (QED) is 0.765. The van der Waals surface area contributed by atoms with Crippen molar-refractivity contribution < 1.29 is 8.42 Å². The highest BCUT2D eigenvalue weighted by Crippen LogP contribution is 2.16. The Morgan fingerprint density at radius 3 is 2.73 bits per heavy atom. The normalized spacial score (nSPS) is 11.8. The third kappa shape index (κ3) is 2.30. The summed E-state index contributed by atoms with van der Waals surface area (Å²) >= 11 is 0. The minimum atomic E-state index is -3.07. The molecule has 0 radical (unpaired) electrons. The first-order valence-electron chi connectivity index (χ1n) is 4.43. The van der Waals surface area contributed by atoms with Crippen molar-refractivity contribution in [3.8, 4) is 0 Å². The molecular formula is C10H10N2O2S. The Morgan fingerprint density at radius 1 is 1.27 bits per heavy atom. The summed E-state index contributed by atoms with van der Waals surface area (Å²) in [5.74, 6) is -0.0681. The first-order valence-corrected chi connectivity index (χ1v) is 6.49. The van der Waals surface area contributed by atoms with Crippen LogP contribution < -0.4 is 0 Å². The van der Waals surface area contributed by atoms with Crippen molar-refractivity contribution in [1.29, 1.82) is 0 Å². The zero-order valence-corrected chi connectivity index (χ0v) is 9.03. The molecule has 0 spiro atoms. The maximum Gasteiger partial charge on any atom is 0.153 e. The number of hydrogen-bond donors (Lipinski definition) is 0. The molecule has 1 aromatic heterocycles. The van der Waals surface area contributed by atoms with Crippen LogP contribution in [0.4, 0.5) is 0 Å². The maximum absolute atomic E-state index is 11.2. The predicted octanol–water partition coefficient (Wildman–Crippen LogP) is 1.17. The summed E-state index contributed by atoms with van der Waals surface area (Å²) in [5.41, 5.74) is 0.510. The van der Waals surface area contributed by atoms with E-state index in [0.29, 0.717) is 5.69 Å². The van der Waals surface area contributed by atoms with Crippen LogP contribution in [-0.2, 0) is 15.6 Å². The van der Waals surface area contributed by atoms with Crippen LogP contribution in [-0.4, -0.2) is 24.9 Å². The number of aromatic nitrogens is 2. The van der Waals surface area contributed by atoms with Gasteiger partial charge in [0.05, 0.1) is 17.6 Å². The van der Waals surface area contributed by atoms with Crippen LogP contribution in [0.25, 0.3) is 10.8 Å². The molecular weight excluding hydrogens is 212 g/mol. The van der Waals surface area contributed by atoms with Crippen LogP contribution in [0.3, 0.4) is 0 Å². The molecule has 0 amide bonds. The Labute approximate surface area is 87.9 Å². The Balaban J connectivity index is 2.61. The summed E-state index contributed by atoms with van der Waals surface area (Å²) in [4.78, 5) is 0. The zero-order valence-electron chi connectivity index (χ0n) is 8.21. The van der Waals surface area contributed by atoms with Gasteiger partial charge in [-0.2, -0.15) is 10.2 Å². The summed E-state index contributed by atoms with van der Waals surface area (Å²) in [6.45, 7) is 0. The van der Waals surface area contributed by atoms with Gasteiger partial charge in [0.2, 0.25) is 0 Å². The Kier molecular flexibility index (Phi) is 2.40. The lowest BCUT2D eigenvalue weighted by Crippen LogP contribution is -2.04. The van der Waals surface area contributed by atoms with E-state index in [1.165, 1.54) is 6.26 Å². The average Bonchev–Trinajstić information content (AvgIpc) is 2.16. The lowest BCUT2D eigenvalue weighted by molar-refractivity contribution is 0.600. The standard InChI is InChI=1S/C10H10N2O2S/c1-15(13,14)7-10-9-5-3-2-4-8(9)6-11-12-10/h2-6H,7H2,1H3. The van der Waals surface area contributed by atoms with Crippen molar-refractivity contribution in [2.24, 2.45) is 0 Å². The SMILES string of the molecule is CS(=O)(=O)Cc1nncc2ccccc12. The molecule has 0 atom stereocenters. The number of rotatable bonds is 2. The molecule has 1 heterocycles. The highest BCUT2D eigenvalue weighted by atomic mass is 32.2. The van der Waals surface area contributed by atoms with Crippen molar-refractivity contribution in [1.82, 2.24) is 10.2 Å². The van der Waals surface area contributed by atoms with Gasteiger partial charge in [0.15, 0.2) is 9.84 Å². The van der Waals surface area contributed by atoms with Gasteiger partial charge in [-0.25, -0.2) is 8.42 Å². The highest BCUT2D eigenvalue weighted by molar-refractivity contribution is 7.89. The average molecular weight is 222 g/mol. The van der Waals surface area contributed by atoms with E-state index in [9.17, 15) is 8.42 Å². The van der Waals surface area contributed by atoms with E-state index >= 15 is 0 Å². The third-order valence-corrected chi connectivity index (χ3v) is 2.84. The van der Waals surface area contributed by atoms with Gasteiger partial charge in [0, 0.05) is 17.0 Å². The first-order chi connectivity index (χ1) is 7.06. The topological polar surface area (TPSA) is 59.9 Å². The van der Waals surface area contributed by atoms with E-state index < -0.39 is 9.84 Å². The maximum atomic E-state index is 11.2. The molecule has 0 bridgehead atoms. The fourth-order valence-corrected chi connectivity index (χ4v) is 2.15. The smallest absolute Gasteiger partial charge is 0.153 e. The molecule has 2 rings (SSSR count). The summed E-state index contributed by atoms with van der Waals surface area (Å²) in [6.07, 6.45) is 2.82. The van der Waals surface area contributed by atoms with Gasteiger partial charge < -0.3 is 0 Å². The van der Waals surface area contributed by atoms with Gasteiger partial charge in [-0.1, -0.05) is 24.3 Å². The minimum absolute atomic E-state index is 0.0681. The van der Waals surface area contributed by atoms with Gasteiger partial charge in [-0.05, 0) is 0 Å². The van der Waals surface area contributed by atoms with Crippen molar-refractivity contribution in [2.75, 3.05) is 6.26 Å². The Bertz CT molecular complexity index is 588. The summed E-state index contributed by atoms with van der Waals surface area (Å²) in [6, 6.07) is 7.48. The lowest BCUT2D eigenvalue weighted by Gasteiger charge is -2.02. The van der Waals surface area contributed by atoms with Crippen LogP contribution in [0.2, 0.25) is 0 Å². The van der Waals surface area contributed by atoms with E-state index in [1.54, 1.807) is 6.20 Å². The molecule has 0 N–H and O–H groups in total. The van der Waals surface area contributed by atoms with E-state index in [-0.39, 0.29) is 5.75 Å². The molecule has 0 unspecified atom stereocenters. The number of hydrogen-bond acceptors (Lipinski definition) is 4. The number of nitrogens with zero attached hydrogens (tertiary/aromatic N) is 2. The molecule has 0 aliphatic rings. The lowest BCUT2D eigenvalue weighted by atomic mass is 10.1. The molecule has 1 aromatic carbocycles. The van der Waals surface area contributed by atoms with Gasteiger partial charge in [-0.3, -0.25) is 0 Å². The second-order valence-corrected chi connectivity index (χ2v) is 5.59. The summed E-state index contributed by atoms with van der Waals surface area (Å²) in [5, 5.41) is 9.40. The Hall–Kier alpha value is -1.49. The molecule has 0 fully saturated rings. The van der Waals surface area contributed by atoms with Crippen LogP contribution in [0, 0.1) is 0 Å². The molecule has 15 heavy (non-hydrogen) atoms. The van der Waals surface area contributed by atoms with Gasteiger partial charge >= 0.3 is 0 Å². The molecule has 5 heteroatoms. The zero-order chi connectivity index (χ0) is 10.9. The molecule has 0 saturated carbocycles. The number of sulfone groups is 1. The first kappa shape index (κ1) is 10.0. The fourth-order valence-electron chi connectivity index (χ4n) is 1.44. The predicted molar refractivity (Wildman–Crippen MR) is 58.1 cm³/mol. The van der Waals surface area contributed by atoms with Crippen molar-refractivity contribution in [3.05, 3.63) is 36.2 Å². The van der Waals surface area contributed by atoms with Crippen molar-refractivity contribution >= 4 is 20.6 Å². The third-order valence-electron chi connectivity index (χ3n) is 2.05. The number of fused-ring (bicyclic) bond motifs is 1. The molecule has 0 aliphatic heterocycles. The van der Waals surface area contributed by atoms with E-state index in [1.807, 2.05) is 24.3 Å². The second-order valence-electron chi connectivity index (χ2n) is 3.45. The van der Waals surface area contributed by atoms with E-state index in [2.05, 4.69) is 10.2 Å². The summed E-state index contributed by atoms with van der Waals surface area (Å²) in [7, 11) is -3.07. The van der Waals surface area contributed by atoms with Gasteiger partial charge in [0.25, 0.3) is 0 Å². The molecule has 78 valence electrons. The highest BCUT2D eigenvalue weighted by Gasteiger charge is 2.09. The van der Waals surface area contributed by atoms with Crippen LogP contribution >= 0.6 is 0 Å². The number of benzene rings is 1. The Morgan fingerprint density at radius 2 is 2.00 bits per heavy atom. The fraction of sp³-hybridized carbons (Fsp3) is 0.200. The van der Waals surface area contributed by atoms with Crippen LogP contribution in [0.15, 0.2) is 30.5 Å². The van der Waals surface area contributed by atoms with Crippen molar-refractivity contribution in [3.63, 3.8) is 0 Å². The molecule has 4 nitrogen and oxygen atoms in total. The molecule has 0 saturated heterocycles. The minimum Gasteiger partial charge on any atom is -0.229 e. The second kappa shape index (κ2) is 3.58. The van der Waals surface area contributed by atoms with E-state index in [4.69, 9.17) is 0 Å². The molecule has 2 aromatic rings. The molecule has 0 aliphatic carbocycles. The van der Waals surface area contributed by atoms with E-state index in [0.717, 1.165) is 10.8 Å². The van der Waals surface area contributed by atoms with Crippen LogP contribution in [0.5, 0.6) is 0 Å². The van der Waals surface area contributed by atoms with Crippen molar-refractivity contribution in [2.45, 2.75) is 5.75 Å².